The van der Waals surface area contributed by atoms with Crippen LogP contribution in [0.3, 0.4) is 0 Å². The van der Waals surface area contributed by atoms with Crippen LogP contribution >= 0.6 is 35.1 Å². The van der Waals surface area contributed by atoms with E-state index in [0.717, 1.165) is 17.3 Å². The third-order valence-electron chi connectivity index (χ3n) is 4.32. The summed E-state index contributed by atoms with van der Waals surface area (Å²) in [6.07, 6.45) is 1.47. The summed E-state index contributed by atoms with van der Waals surface area (Å²) in [5.74, 6) is -1.60. The number of carbonyl (C=O) groups excluding carboxylic acids is 2. The van der Waals surface area contributed by atoms with Crippen LogP contribution in [-0.2, 0) is 20.8 Å². The number of carboxylic acids is 1. The fraction of sp³-hybridized carbons (Fsp3) is 0.235. The normalized spacial score (nSPS) is 20.9. The number of aliphatic carboxylic acids is 1. The van der Waals surface area contributed by atoms with Gasteiger partial charge in [-0.15, -0.1) is 22.0 Å². The Bertz CT molecular complexity index is 1010. The molecule has 3 N–H and O–H groups in total. The molecule has 1 aromatic carbocycles. The Morgan fingerprint density at radius 3 is 2.97 bits per heavy atom. The molecule has 3 heterocycles. The number of thioether (sulfide) groups is 2. The maximum atomic E-state index is 12.6. The van der Waals surface area contributed by atoms with E-state index in [9.17, 15) is 19.5 Å². The van der Waals surface area contributed by atoms with Crippen molar-refractivity contribution in [1.82, 2.24) is 25.4 Å². The van der Waals surface area contributed by atoms with Gasteiger partial charge in [0.1, 0.15) is 23.4 Å². The first-order valence-electron chi connectivity index (χ1n) is 8.43. The summed E-state index contributed by atoms with van der Waals surface area (Å²) in [4.78, 5) is 41.3. The van der Waals surface area contributed by atoms with E-state index in [1.165, 1.54) is 23.0 Å². The van der Waals surface area contributed by atoms with Crippen LogP contribution in [0, 0.1) is 0 Å². The van der Waals surface area contributed by atoms with Crippen molar-refractivity contribution >= 4 is 52.9 Å². The third kappa shape index (κ3) is 3.98. The second kappa shape index (κ2) is 8.09. The molecule has 0 radical (unpaired) electrons. The van der Waals surface area contributed by atoms with E-state index in [2.05, 4.69) is 20.5 Å². The van der Waals surface area contributed by atoms with Crippen molar-refractivity contribution in [3.63, 3.8) is 0 Å². The SMILES string of the molecule is O=C(Cc1cccc(Cl)c1)N[C@@H]1C(=O)N2C(C(=O)O)=C(Sc3nnc[nH]3)CS[C@H]12. The molecule has 2 aliphatic rings. The Morgan fingerprint density at radius 1 is 1.45 bits per heavy atom. The predicted octanol–water partition coefficient (Wildman–Crippen LogP) is 1.49. The number of carbonyl (C=O) groups is 3. The largest absolute Gasteiger partial charge is 0.477 e. The lowest BCUT2D eigenvalue weighted by Gasteiger charge is -2.49. The van der Waals surface area contributed by atoms with Crippen molar-refractivity contribution in [3.8, 4) is 0 Å². The van der Waals surface area contributed by atoms with Crippen LogP contribution in [0.5, 0.6) is 0 Å². The number of amides is 2. The molecule has 0 spiro atoms. The molecule has 0 saturated carbocycles. The van der Waals surface area contributed by atoms with Crippen molar-refractivity contribution in [2.75, 3.05) is 5.75 Å². The molecule has 1 fully saturated rings. The second-order valence-electron chi connectivity index (χ2n) is 6.23. The summed E-state index contributed by atoms with van der Waals surface area (Å²) in [5, 5.41) is 20.4. The van der Waals surface area contributed by atoms with Gasteiger partial charge in [-0.05, 0) is 17.7 Å². The van der Waals surface area contributed by atoms with Crippen LogP contribution in [0.4, 0.5) is 0 Å². The molecule has 150 valence electrons. The van der Waals surface area contributed by atoms with Gasteiger partial charge in [-0.2, -0.15) is 0 Å². The van der Waals surface area contributed by atoms with Crippen LogP contribution in [0.2, 0.25) is 5.02 Å². The number of benzene rings is 1. The number of nitrogens with one attached hydrogen (secondary N) is 2. The molecule has 2 atom stereocenters. The van der Waals surface area contributed by atoms with Crippen LogP contribution in [0.15, 0.2) is 46.4 Å². The van der Waals surface area contributed by atoms with Crippen LogP contribution < -0.4 is 5.32 Å². The van der Waals surface area contributed by atoms with Crippen molar-refractivity contribution in [3.05, 3.63) is 51.8 Å². The quantitative estimate of drug-likeness (QED) is 0.563. The first-order chi connectivity index (χ1) is 13.9. The molecule has 0 bridgehead atoms. The van der Waals surface area contributed by atoms with E-state index in [1.807, 2.05) is 0 Å². The first-order valence-corrected chi connectivity index (χ1v) is 10.7. The number of nitrogens with zero attached hydrogens (tertiary/aromatic N) is 3. The number of H-pyrrole nitrogens is 1. The average Bonchev–Trinajstić information content (AvgIpc) is 3.18. The lowest BCUT2D eigenvalue weighted by Crippen LogP contribution is -2.70. The van der Waals surface area contributed by atoms with Crippen molar-refractivity contribution < 1.29 is 19.5 Å². The molecule has 2 amide bonds. The van der Waals surface area contributed by atoms with Gasteiger partial charge in [0.05, 0.1) is 6.42 Å². The van der Waals surface area contributed by atoms with Gasteiger partial charge in [0.25, 0.3) is 5.91 Å². The van der Waals surface area contributed by atoms with E-state index in [1.54, 1.807) is 24.3 Å². The molecule has 4 rings (SSSR count). The molecule has 0 aliphatic carbocycles. The van der Waals surface area contributed by atoms with E-state index >= 15 is 0 Å². The molecule has 12 heteroatoms. The Hall–Kier alpha value is -2.50. The maximum absolute atomic E-state index is 12.6. The van der Waals surface area contributed by atoms with E-state index < -0.39 is 23.3 Å². The topological polar surface area (TPSA) is 128 Å². The van der Waals surface area contributed by atoms with Crippen molar-refractivity contribution in [1.29, 1.82) is 0 Å². The van der Waals surface area contributed by atoms with Gasteiger partial charge in [0, 0.05) is 15.7 Å². The summed E-state index contributed by atoms with van der Waals surface area (Å²) in [6.45, 7) is 0. The highest BCUT2D eigenvalue weighted by Crippen LogP contribution is 2.44. The molecule has 29 heavy (non-hydrogen) atoms. The summed E-state index contributed by atoms with van der Waals surface area (Å²) in [6, 6.07) is 6.15. The number of halogens is 1. The number of hydrogen-bond donors (Lipinski definition) is 3. The lowest BCUT2D eigenvalue weighted by atomic mass is 10.0. The number of carboxylic acid groups (broad SMARTS) is 1. The molecule has 0 unspecified atom stereocenters. The molecule has 1 saturated heterocycles. The Labute approximate surface area is 178 Å². The monoisotopic (exact) mass is 451 g/mol. The van der Waals surface area contributed by atoms with Crippen molar-refractivity contribution in [2.24, 2.45) is 0 Å². The summed E-state index contributed by atoms with van der Waals surface area (Å²) in [5.41, 5.74) is 0.646. The number of aromatic amines is 1. The number of β-lactam (4-membered cyclic amide) rings is 1. The fourth-order valence-corrected chi connectivity index (χ4v) is 5.65. The molecular formula is C17H14ClN5O4S2. The standard InChI is InChI=1S/C17H14ClN5O4S2/c18-9-3-1-2-8(4-9)5-11(24)21-12-14(25)23-13(16(26)27)10(6-28-15(12)23)29-17-19-7-20-22-17/h1-4,7,12,15H,5-6H2,(H,21,24)(H,26,27)(H,19,20,22)/t12-,15-/m1/s1. The van der Waals surface area contributed by atoms with Crippen LogP contribution in [0.25, 0.3) is 0 Å². The number of rotatable bonds is 6. The van der Waals surface area contributed by atoms with Gasteiger partial charge < -0.3 is 15.4 Å². The Kier molecular flexibility index (Phi) is 5.52. The Morgan fingerprint density at radius 2 is 2.28 bits per heavy atom. The van der Waals surface area contributed by atoms with Gasteiger partial charge >= 0.3 is 5.97 Å². The second-order valence-corrected chi connectivity index (χ2v) is 8.86. The summed E-state index contributed by atoms with van der Waals surface area (Å²) >= 11 is 8.44. The summed E-state index contributed by atoms with van der Waals surface area (Å²) < 4.78 is 0. The highest BCUT2D eigenvalue weighted by Gasteiger charge is 2.54. The first kappa shape index (κ1) is 19.8. The molecule has 1 aromatic heterocycles. The van der Waals surface area contributed by atoms with E-state index in [-0.39, 0.29) is 18.0 Å². The fourth-order valence-electron chi connectivity index (χ4n) is 3.09. The van der Waals surface area contributed by atoms with Gasteiger partial charge in [0.15, 0.2) is 5.16 Å². The smallest absolute Gasteiger partial charge is 0.353 e. The zero-order chi connectivity index (χ0) is 20.5. The zero-order valence-electron chi connectivity index (χ0n) is 14.7. The van der Waals surface area contributed by atoms with E-state index in [4.69, 9.17) is 11.6 Å². The number of fused-ring (bicyclic) bond motifs is 1. The lowest BCUT2D eigenvalue weighted by molar-refractivity contribution is -0.150. The average molecular weight is 452 g/mol. The molecule has 2 aromatic rings. The van der Waals surface area contributed by atoms with Crippen molar-refractivity contribution in [2.45, 2.75) is 23.0 Å². The maximum Gasteiger partial charge on any atom is 0.353 e. The minimum Gasteiger partial charge on any atom is -0.477 e. The van der Waals surface area contributed by atoms with Gasteiger partial charge in [-0.3, -0.25) is 14.5 Å². The molecule has 2 aliphatic heterocycles. The zero-order valence-corrected chi connectivity index (χ0v) is 17.1. The highest BCUT2D eigenvalue weighted by atomic mass is 35.5. The van der Waals surface area contributed by atoms with Gasteiger partial charge in [-0.1, -0.05) is 35.5 Å². The molecular weight excluding hydrogens is 438 g/mol. The minimum atomic E-state index is -1.20. The van der Waals surface area contributed by atoms with E-state index in [0.29, 0.717) is 20.8 Å². The summed E-state index contributed by atoms with van der Waals surface area (Å²) in [7, 11) is 0. The molecule has 9 nitrogen and oxygen atoms in total. The van der Waals surface area contributed by atoms with Crippen LogP contribution in [-0.4, -0.2) is 60.1 Å². The number of aromatic nitrogens is 3. The highest BCUT2D eigenvalue weighted by molar-refractivity contribution is 8.06. The third-order valence-corrected chi connectivity index (χ3v) is 6.99. The van der Waals surface area contributed by atoms with Gasteiger partial charge in [0.2, 0.25) is 5.91 Å². The van der Waals surface area contributed by atoms with Crippen LogP contribution in [0.1, 0.15) is 5.56 Å². The Balaban J connectivity index is 1.46. The predicted molar refractivity (Wildman–Crippen MR) is 107 cm³/mol. The minimum absolute atomic E-state index is 0.0793. The number of hydrogen-bond acceptors (Lipinski definition) is 7. The van der Waals surface area contributed by atoms with Gasteiger partial charge in [-0.25, -0.2) is 4.79 Å².